The number of methoxy groups -OCH3 is 1. The Morgan fingerprint density at radius 1 is 1.08 bits per heavy atom. The molecular formula is C17H12BrNO5. The van der Waals surface area contributed by atoms with Crippen molar-refractivity contribution in [2.75, 3.05) is 7.11 Å². The molecule has 0 saturated carbocycles. The summed E-state index contributed by atoms with van der Waals surface area (Å²) in [5.74, 6) is -1.43. The second-order valence-electron chi connectivity index (χ2n) is 5.03. The van der Waals surface area contributed by atoms with Crippen molar-refractivity contribution in [2.24, 2.45) is 0 Å². The largest absolute Gasteiger partial charge is 0.465 e. The van der Waals surface area contributed by atoms with Crippen LogP contribution < -0.4 is 0 Å². The average molecular weight is 390 g/mol. The van der Waals surface area contributed by atoms with Crippen molar-refractivity contribution in [3.8, 4) is 0 Å². The Labute approximate surface area is 146 Å². The topological polar surface area (TPSA) is 72.9 Å². The second kappa shape index (κ2) is 6.54. The van der Waals surface area contributed by atoms with Gasteiger partial charge in [0.05, 0.1) is 23.8 Å². The number of nitrogens with zero attached hydrogens (tertiary/aromatic N) is 1. The van der Waals surface area contributed by atoms with Gasteiger partial charge in [0.2, 0.25) is 0 Å². The Balaban J connectivity index is 1.73. The Bertz CT molecular complexity index is 814. The van der Waals surface area contributed by atoms with Crippen LogP contribution in [0.4, 0.5) is 0 Å². The van der Waals surface area contributed by atoms with E-state index < -0.39 is 17.8 Å². The minimum absolute atomic E-state index is 0.00548. The summed E-state index contributed by atoms with van der Waals surface area (Å²) in [6.45, 7) is 0.00548. The van der Waals surface area contributed by atoms with Gasteiger partial charge in [-0.25, -0.2) is 4.79 Å². The molecule has 3 rings (SSSR count). The molecule has 7 heteroatoms. The summed E-state index contributed by atoms with van der Waals surface area (Å²) in [6.07, 6.45) is 0. The number of hydroxylamine groups is 2. The fourth-order valence-corrected chi connectivity index (χ4v) is 2.94. The molecule has 2 amide bonds. The summed E-state index contributed by atoms with van der Waals surface area (Å²) in [6, 6.07) is 11.5. The van der Waals surface area contributed by atoms with Crippen LogP contribution in [-0.4, -0.2) is 30.0 Å². The molecule has 24 heavy (non-hydrogen) atoms. The van der Waals surface area contributed by atoms with Gasteiger partial charge in [-0.1, -0.05) is 18.2 Å². The van der Waals surface area contributed by atoms with Crippen molar-refractivity contribution in [1.82, 2.24) is 5.06 Å². The van der Waals surface area contributed by atoms with E-state index >= 15 is 0 Å². The monoisotopic (exact) mass is 389 g/mol. The lowest BCUT2D eigenvalue weighted by Gasteiger charge is -2.14. The third kappa shape index (κ3) is 2.83. The van der Waals surface area contributed by atoms with E-state index in [-0.39, 0.29) is 6.61 Å². The first-order valence-corrected chi connectivity index (χ1v) is 7.79. The highest BCUT2D eigenvalue weighted by atomic mass is 79.9. The summed E-state index contributed by atoms with van der Waals surface area (Å²) >= 11 is 3.29. The first-order chi connectivity index (χ1) is 11.5. The Kier molecular flexibility index (Phi) is 4.46. The molecule has 6 nitrogen and oxygen atoms in total. The molecule has 2 aromatic rings. The molecule has 1 aliphatic rings. The van der Waals surface area contributed by atoms with Gasteiger partial charge in [0.15, 0.2) is 0 Å². The predicted molar refractivity (Wildman–Crippen MR) is 87.2 cm³/mol. The van der Waals surface area contributed by atoms with Crippen LogP contribution in [-0.2, 0) is 16.2 Å². The number of fused-ring (bicyclic) bond motifs is 1. The maximum Gasteiger partial charge on any atom is 0.339 e. The molecular weight excluding hydrogens is 378 g/mol. The lowest BCUT2D eigenvalue weighted by Crippen LogP contribution is -2.29. The van der Waals surface area contributed by atoms with Crippen LogP contribution in [0.1, 0.15) is 36.6 Å². The Morgan fingerprint density at radius 3 is 2.25 bits per heavy atom. The molecule has 0 aromatic heterocycles. The number of hydrogen-bond donors (Lipinski definition) is 0. The second-order valence-corrected chi connectivity index (χ2v) is 5.88. The van der Waals surface area contributed by atoms with Gasteiger partial charge >= 0.3 is 5.97 Å². The molecule has 0 saturated heterocycles. The van der Waals surface area contributed by atoms with Crippen LogP contribution in [0, 0.1) is 0 Å². The lowest BCUT2D eigenvalue weighted by molar-refractivity contribution is -0.101. The van der Waals surface area contributed by atoms with E-state index in [1.165, 1.54) is 7.11 Å². The van der Waals surface area contributed by atoms with E-state index in [1.807, 2.05) is 0 Å². The zero-order valence-corrected chi connectivity index (χ0v) is 14.2. The average Bonchev–Trinajstić information content (AvgIpc) is 2.84. The highest BCUT2D eigenvalue weighted by molar-refractivity contribution is 9.10. The van der Waals surface area contributed by atoms with Crippen LogP contribution in [0.15, 0.2) is 46.9 Å². The molecule has 0 aliphatic carbocycles. The fraction of sp³-hybridized carbons (Fsp3) is 0.118. The first kappa shape index (κ1) is 16.4. The highest BCUT2D eigenvalue weighted by Gasteiger charge is 2.36. The molecule has 122 valence electrons. The number of hydrogen-bond acceptors (Lipinski definition) is 5. The van der Waals surface area contributed by atoms with E-state index in [9.17, 15) is 14.4 Å². The summed E-state index contributed by atoms with van der Waals surface area (Å²) in [4.78, 5) is 41.3. The number of esters is 1. The summed E-state index contributed by atoms with van der Waals surface area (Å²) in [5, 5.41) is 0.757. The van der Waals surface area contributed by atoms with E-state index in [2.05, 4.69) is 20.7 Å². The first-order valence-electron chi connectivity index (χ1n) is 7.00. The number of ether oxygens (including phenoxy) is 1. The number of carbonyl (C=O) groups is 3. The van der Waals surface area contributed by atoms with Crippen LogP contribution in [0.2, 0.25) is 0 Å². The van der Waals surface area contributed by atoms with E-state index in [4.69, 9.17) is 4.84 Å². The number of imide groups is 1. The number of amides is 2. The lowest BCUT2D eigenvalue weighted by atomic mass is 10.1. The van der Waals surface area contributed by atoms with Crippen molar-refractivity contribution in [1.29, 1.82) is 0 Å². The van der Waals surface area contributed by atoms with Crippen molar-refractivity contribution >= 4 is 33.7 Å². The zero-order chi connectivity index (χ0) is 17.3. The van der Waals surface area contributed by atoms with Crippen LogP contribution >= 0.6 is 15.9 Å². The summed E-state index contributed by atoms with van der Waals surface area (Å²) in [5.41, 5.74) is 1.71. The highest BCUT2D eigenvalue weighted by Crippen LogP contribution is 2.24. The minimum Gasteiger partial charge on any atom is -0.465 e. The molecule has 1 aliphatic heterocycles. The van der Waals surface area contributed by atoms with Crippen LogP contribution in [0.5, 0.6) is 0 Å². The Hall–Kier alpha value is -2.51. The van der Waals surface area contributed by atoms with Gasteiger partial charge in [0.1, 0.15) is 6.61 Å². The van der Waals surface area contributed by atoms with Gasteiger partial charge in [-0.3, -0.25) is 14.4 Å². The zero-order valence-electron chi connectivity index (χ0n) is 12.6. The molecule has 0 unspecified atom stereocenters. The van der Waals surface area contributed by atoms with E-state index in [1.54, 1.807) is 42.5 Å². The minimum atomic E-state index is -0.485. The van der Waals surface area contributed by atoms with E-state index in [0.717, 1.165) is 5.06 Å². The quantitative estimate of drug-likeness (QED) is 0.593. The number of halogens is 1. The molecule has 0 atom stereocenters. The summed E-state index contributed by atoms with van der Waals surface area (Å²) in [7, 11) is 1.30. The van der Waals surface area contributed by atoms with Gasteiger partial charge in [0, 0.05) is 4.47 Å². The number of carbonyl (C=O) groups excluding carboxylic acids is 3. The predicted octanol–water partition coefficient (Wildman–Crippen LogP) is 2.96. The van der Waals surface area contributed by atoms with Crippen LogP contribution in [0.25, 0.3) is 0 Å². The Morgan fingerprint density at radius 2 is 1.71 bits per heavy atom. The van der Waals surface area contributed by atoms with Crippen molar-refractivity contribution in [3.05, 3.63) is 69.2 Å². The molecule has 0 N–H and O–H groups in total. The third-order valence-corrected chi connectivity index (χ3v) is 4.21. The number of rotatable bonds is 4. The third-order valence-electron chi connectivity index (χ3n) is 3.56. The molecule has 2 aromatic carbocycles. The van der Waals surface area contributed by atoms with Crippen molar-refractivity contribution in [3.63, 3.8) is 0 Å². The van der Waals surface area contributed by atoms with E-state index in [0.29, 0.717) is 26.7 Å². The van der Waals surface area contributed by atoms with Gasteiger partial charge < -0.3 is 4.74 Å². The van der Waals surface area contributed by atoms with Crippen molar-refractivity contribution in [2.45, 2.75) is 6.61 Å². The van der Waals surface area contributed by atoms with Crippen LogP contribution in [0.3, 0.4) is 0 Å². The smallest absolute Gasteiger partial charge is 0.339 e. The molecule has 0 bridgehead atoms. The SMILES string of the molecule is COC(=O)c1ccc(CON2C(=O)c3ccccc3C2=O)cc1Br. The maximum absolute atomic E-state index is 12.2. The molecule has 1 heterocycles. The number of benzene rings is 2. The molecule has 0 radical (unpaired) electrons. The molecule has 0 spiro atoms. The van der Waals surface area contributed by atoms with Gasteiger partial charge in [-0.05, 0) is 45.8 Å². The van der Waals surface area contributed by atoms with Gasteiger partial charge in [-0.2, -0.15) is 0 Å². The van der Waals surface area contributed by atoms with Gasteiger partial charge in [-0.15, -0.1) is 5.06 Å². The standard InChI is InChI=1S/C17H12BrNO5/c1-23-17(22)13-7-6-10(8-14(13)18)9-24-19-15(20)11-4-2-3-5-12(11)16(19)21/h2-8H,9H2,1H3. The maximum atomic E-state index is 12.2. The normalized spacial score (nSPS) is 13.2. The van der Waals surface area contributed by atoms with Gasteiger partial charge in [0.25, 0.3) is 11.8 Å². The summed E-state index contributed by atoms with van der Waals surface area (Å²) < 4.78 is 5.20. The van der Waals surface area contributed by atoms with Crippen molar-refractivity contribution < 1.29 is 24.0 Å². The molecule has 0 fully saturated rings. The fourth-order valence-electron chi connectivity index (χ4n) is 2.35.